The van der Waals surface area contributed by atoms with Crippen molar-refractivity contribution in [1.29, 1.82) is 0 Å². The van der Waals surface area contributed by atoms with Crippen molar-refractivity contribution < 1.29 is 5.11 Å². The first-order valence-electron chi connectivity index (χ1n) is 5.35. The molecule has 0 atom stereocenters. The molecule has 1 aliphatic rings. The molecule has 1 aromatic rings. The summed E-state index contributed by atoms with van der Waals surface area (Å²) >= 11 is 0. The lowest BCUT2D eigenvalue weighted by molar-refractivity contribution is 0.289. The quantitative estimate of drug-likeness (QED) is 0.856. The van der Waals surface area contributed by atoms with Crippen molar-refractivity contribution in [1.82, 2.24) is 0 Å². The molecule has 84 valence electrons. The van der Waals surface area contributed by atoms with E-state index in [-0.39, 0.29) is 12.4 Å². The van der Waals surface area contributed by atoms with Crippen LogP contribution in [0.5, 0.6) is 0 Å². The maximum absolute atomic E-state index is 8.82. The molecule has 0 aromatic heterocycles. The van der Waals surface area contributed by atoms with Gasteiger partial charge in [-0.05, 0) is 30.9 Å². The Morgan fingerprint density at radius 3 is 2.87 bits per heavy atom. The number of fused-ring (bicyclic) bond motifs is 1. The summed E-state index contributed by atoms with van der Waals surface area (Å²) in [6.45, 7) is 2.41. The van der Waals surface area contributed by atoms with Crippen molar-refractivity contribution in [3.63, 3.8) is 0 Å². The number of hydrogen-bond acceptors (Lipinski definition) is 2. The summed E-state index contributed by atoms with van der Waals surface area (Å²) in [7, 11) is 0. The first kappa shape index (κ1) is 12.3. The molecular formula is C12H18ClNO. The highest BCUT2D eigenvalue weighted by Crippen LogP contribution is 2.26. The van der Waals surface area contributed by atoms with E-state index in [1.54, 1.807) is 0 Å². The third-order valence-electron chi connectivity index (χ3n) is 2.79. The Morgan fingerprint density at radius 1 is 1.27 bits per heavy atom. The minimum absolute atomic E-state index is 0. The number of hydrogen-bond donors (Lipinski definition) is 1. The van der Waals surface area contributed by atoms with E-state index >= 15 is 0 Å². The van der Waals surface area contributed by atoms with Gasteiger partial charge in [0.2, 0.25) is 0 Å². The zero-order valence-electron chi connectivity index (χ0n) is 8.85. The van der Waals surface area contributed by atoms with E-state index in [1.165, 1.54) is 24.1 Å². The van der Waals surface area contributed by atoms with Gasteiger partial charge >= 0.3 is 0 Å². The molecule has 0 aliphatic carbocycles. The predicted octanol–water partition coefficient (Wildman–Crippen LogP) is 2.24. The van der Waals surface area contributed by atoms with Crippen molar-refractivity contribution in [2.45, 2.75) is 19.3 Å². The number of nitrogens with zero attached hydrogens (tertiary/aromatic N) is 1. The van der Waals surface area contributed by atoms with Crippen LogP contribution in [0.4, 0.5) is 5.69 Å². The second-order valence-electron chi connectivity index (χ2n) is 3.80. The normalized spacial score (nSPS) is 14.3. The third kappa shape index (κ3) is 2.86. The highest BCUT2D eigenvalue weighted by Gasteiger charge is 2.14. The minimum Gasteiger partial charge on any atom is -0.396 e. The van der Waals surface area contributed by atoms with Gasteiger partial charge in [0.1, 0.15) is 0 Å². The van der Waals surface area contributed by atoms with Crippen LogP contribution in [-0.4, -0.2) is 24.8 Å². The fourth-order valence-electron chi connectivity index (χ4n) is 2.11. The predicted molar refractivity (Wildman–Crippen MR) is 65.9 cm³/mol. The van der Waals surface area contributed by atoms with E-state index in [1.807, 2.05) is 0 Å². The molecule has 3 heteroatoms. The maximum atomic E-state index is 8.82. The highest BCUT2D eigenvalue weighted by atomic mass is 35.5. The van der Waals surface area contributed by atoms with Crippen LogP contribution in [0.15, 0.2) is 24.3 Å². The molecule has 1 aliphatic heterocycles. The van der Waals surface area contributed by atoms with Gasteiger partial charge in [-0.1, -0.05) is 18.2 Å². The van der Waals surface area contributed by atoms with E-state index in [4.69, 9.17) is 5.11 Å². The summed E-state index contributed by atoms with van der Waals surface area (Å²) in [6, 6.07) is 8.59. The number of aryl methyl sites for hydroxylation is 1. The van der Waals surface area contributed by atoms with Gasteiger partial charge < -0.3 is 10.0 Å². The molecule has 0 bridgehead atoms. The van der Waals surface area contributed by atoms with Gasteiger partial charge in [0.25, 0.3) is 0 Å². The Labute approximate surface area is 97.3 Å². The molecule has 2 rings (SSSR count). The number of para-hydroxylation sites is 1. The van der Waals surface area contributed by atoms with Crippen LogP contribution in [0.25, 0.3) is 0 Å². The first-order chi connectivity index (χ1) is 6.92. The monoisotopic (exact) mass is 227 g/mol. The van der Waals surface area contributed by atoms with Gasteiger partial charge in [0.05, 0.1) is 0 Å². The second-order valence-corrected chi connectivity index (χ2v) is 3.80. The zero-order chi connectivity index (χ0) is 9.80. The average Bonchev–Trinajstić information content (AvgIpc) is 2.26. The molecule has 1 N–H and O–H groups in total. The molecule has 0 amide bonds. The van der Waals surface area contributed by atoms with Crippen LogP contribution < -0.4 is 4.90 Å². The fraction of sp³-hybridized carbons (Fsp3) is 0.500. The number of anilines is 1. The van der Waals surface area contributed by atoms with Gasteiger partial charge in [-0.2, -0.15) is 0 Å². The summed E-state index contributed by atoms with van der Waals surface area (Å²) in [5.74, 6) is 0. The van der Waals surface area contributed by atoms with Crippen molar-refractivity contribution >= 4 is 18.1 Å². The Balaban J connectivity index is 0.00000112. The molecule has 15 heavy (non-hydrogen) atoms. The Bertz CT molecular complexity index is 303. The number of aliphatic hydroxyl groups excluding tert-OH is 1. The minimum atomic E-state index is 0. The fourth-order valence-corrected chi connectivity index (χ4v) is 2.11. The van der Waals surface area contributed by atoms with Crippen LogP contribution in [0.1, 0.15) is 18.4 Å². The van der Waals surface area contributed by atoms with E-state index < -0.39 is 0 Å². The van der Waals surface area contributed by atoms with Crippen LogP contribution in [0, 0.1) is 0 Å². The van der Waals surface area contributed by atoms with E-state index in [0.29, 0.717) is 6.61 Å². The summed E-state index contributed by atoms with van der Waals surface area (Å²) in [5, 5.41) is 8.82. The Hall–Kier alpha value is -0.730. The number of aliphatic hydroxyl groups is 1. The lowest BCUT2D eigenvalue weighted by atomic mass is 10.0. The largest absolute Gasteiger partial charge is 0.396 e. The number of halogens is 1. The van der Waals surface area contributed by atoms with Crippen molar-refractivity contribution in [2.24, 2.45) is 0 Å². The second kappa shape index (κ2) is 5.99. The van der Waals surface area contributed by atoms with Crippen molar-refractivity contribution in [3.8, 4) is 0 Å². The summed E-state index contributed by atoms with van der Waals surface area (Å²) in [5.41, 5.74) is 2.82. The molecule has 0 fully saturated rings. The Kier molecular flexibility index (Phi) is 4.92. The van der Waals surface area contributed by atoms with Crippen molar-refractivity contribution in [2.75, 3.05) is 24.6 Å². The van der Waals surface area contributed by atoms with Gasteiger partial charge in [0.15, 0.2) is 0 Å². The van der Waals surface area contributed by atoms with Gasteiger partial charge in [-0.15, -0.1) is 12.4 Å². The molecule has 1 aromatic carbocycles. The van der Waals surface area contributed by atoms with E-state index in [2.05, 4.69) is 29.2 Å². The molecule has 0 unspecified atom stereocenters. The molecular weight excluding hydrogens is 210 g/mol. The maximum Gasteiger partial charge on any atom is 0.0447 e. The van der Waals surface area contributed by atoms with Crippen molar-refractivity contribution in [3.05, 3.63) is 29.8 Å². The average molecular weight is 228 g/mol. The molecule has 1 heterocycles. The summed E-state index contributed by atoms with van der Waals surface area (Å²) in [6.07, 6.45) is 3.31. The number of benzene rings is 1. The van der Waals surface area contributed by atoms with E-state index in [0.717, 1.165) is 19.5 Å². The van der Waals surface area contributed by atoms with Crippen LogP contribution >= 0.6 is 12.4 Å². The lowest BCUT2D eigenvalue weighted by Gasteiger charge is -2.31. The van der Waals surface area contributed by atoms with Crippen LogP contribution in [-0.2, 0) is 6.42 Å². The molecule has 2 nitrogen and oxygen atoms in total. The molecule has 0 saturated heterocycles. The SMILES string of the molecule is Cl.OCCCN1CCCc2ccccc21. The number of rotatable bonds is 3. The van der Waals surface area contributed by atoms with Crippen LogP contribution in [0.2, 0.25) is 0 Å². The Morgan fingerprint density at radius 2 is 2.07 bits per heavy atom. The molecule has 0 saturated carbocycles. The third-order valence-corrected chi connectivity index (χ3v) is 2.79. The van der Waals surface area contributed by atoms with Gasteiger partial charge in [0, 0.05) is 25.4 Å². The van der Waals surface area contributed by atoms with Crippen LogP contribution in [0.3, 0.4) is 0 Å². The topological polar surface area (TPSA) is 23.5 Å². The standard InChI is InChI=1S/C12H17NO.ClH/c14-10-4-9-13-8-3-6-11-5-1-2-7-12(11)13;/h1-2,5,7,14H,3-4,6,8-10H2;1H. The first-order valence-corrected chi connectivity index (χ1v) is 5.35. The molecule has 0 spiro atoms. The summed E-state index contributed by atoms with van der Waals surface area (Å²) < 4.78 is 0. The summed E-state index contributed by atoms with van der Waals surface area (Å²) in [4.78, 5) is 2.38. The smallest absolute Gasteiger partial charge is 0.0447 e. The molecule has 0 radical (unpaired) electrons. The van der Waals surface area contributed by atoms with Gasteiger partial charge in [-0.25, -0.2) is 0 Å². The highest BCUT2D eigenvalue weighted by molar-refractivity contribution is 5.85. The lowest BCUT2D eigenvalue weighted by Crippen LogP contribution is -2.30. The zero-order valence-corrected chi connectivity index (χ0v) is 9.67. The van der Waals surface area contributed by atoms with Gasteiger partial charge in [-0.3, -0.25) is 0 Å². The van der Waals surface area contributed by atoms with E-state index in [9.17, 15) is 0 Å².